The number of fused-ring (bicyclic) bond motifs is 5. The number of phenols is 1. The largest absolute Gasteiger partial charge is 0.508 e. The summed E-state index contributed by atoms with van der Waals surface area (Å²) in [5.74, 6) is 3.00. The van der Waals surface area contributed by atoms with Gasteiger partial charge in [-0.1, -0.05) is 52.5 Å². The minimum Gasteiger partial charge on any atom is -0.508 e. The van der Waals surface area contributed by atoms with Crippen LogP contribution in [0, 0.1) is 23.2 Å². The van der Waals surface area contributed by atoms with Gasteiger partial charge in [-0.25, -0.2) is 0 Å². The first-order valence-electron chi connectivity index (χ1n) is 12.5. The summed E-state index contributed by atoms with van der Waals surface area (Å²) in [5, 5.41) is 10.00. The van der Waals surface area contributed by atoms with E-state index in [9.17, 15) is 9.90 Å². The second kappa shape index (κ2) is 8.93. The van der Waals surface area contributed by atoms with Gasteiger partial charge in [-0.05, 0) is 85.5 Å². The average Bonchev–Trinajstić information content (AvgIpc) is 3.06. The van der Waals surface area contributed by atoms with Gasteiger partial charge in [-0.3, -0.25) is 4.79 Å². The van der Waals surface area contributed by atoms with Crippen molar-refractivity contribution in [2.75, 3.05) is 0 Å². The summed E-state index contributed by atoms with van der Waals surface area (Å²) in [4.78, 5) is 12.5. The molecule has 6 unspecified atom stereocenters. The number of benzene rings is 1. The Morgan fingerprint density at radius 1 is 1.17 bits per heavy atom. The zero-order valence-corrected chi connectivity index (χ0v) is 19.2. The van der Waals surface area contributed by atoms with Gasteiger partial charge in [0.05, 0.1) is 0 Å². The molecule has 0 amide bonds. The molecule has 2 saturated carbocycles. The topological polar surface area (TPSA) is 46.5 Å². The Bertz CT molecular complexity index is 756. The highest BCUT2D eigenvalue weighted by molar-refractivity contribution is 5.69. The second-order valence-electron chi connectivity index (χ2n) is 10.5. The molecule has 0 heterocycles. The lowest BCUT2D eigenvalue weighted by Crippen LogP contribution is -2.48. The highest BCUT2D eigenvalue weighted by Crippen LogP contribution is 2.63. The van der Waals surface area contributed by atoms with Gasteiger partial charge >= 0.3 is 5.97 Å². The molecule has 0 bridgehead atoms. The number of phenolic OH excluding ortho intramolecular Hbond substituents is 1. The van der Waals surface area contributed by atoms with Gasteiger partial charge in [0.2, 0.25) is 0 Å². The van der Waals surface area contributed by atoms with Crippen LogP contribution < -0.4 is 0 Å². The number of ether oxygens (including phenoxy) is 1. The van der Waals surface area contributed by atoms with Gasteiger partial charge in [-0.2, -0.15) is 0 Å². The monoisotopic (exact) mass is 412 g/mol. The fourth-order valence-electron chi connectivity index (χ4n) is 7.24. The maximum Gasteiger partial charge on any atom is 0.306 e. The minimum atomic E-state index is 0.0246. The van der Waals surface area contributed by atoms with E-state index >= 15 is 0 Å². The fraction of sp³-hybridized carbons (Fsp3) is 0.741. The Kier molecular flexibility index (Phi) is 6.46. The van der Waals surface area contributed by atoms with E-state index in [2.05, 4.69) is 26.8 Å². The van der Waals surface area contributed by atoms with Crippen LogP contribution in [0.2, 0.25) is 0 Å². The van der Waals surface area contributed by atoms with Crippen LogP contribution in [0.15, 0.2) is 18.2 Å². The molecule has 0 saturated heterocycles. The molecule has 1 aromatic carbocycles. The maximum absolute atomic E-state index is 12.5. The van der Waals surface area contributed by atoms with E-state index in [-0.39, 0.29) is 17.5 Å². The average molecular weight is 413 g/mol. The Balaban J connectivity index is 1.49. The van der Waals surface area contributed by atoms with Gasteiger partial charge in [0.1, 0.15) is 11.9 Å². The van der Waals surface area contributed by atoms with Crippen LogP contribution in [0.4, 0.5) is 0 Å². The van der Waals surface area contributed by atoms with Crippen LogP contribution >= 0.6 is 0 Å². The molecule has 3 heteroatoms. The number of unbranched alkanes of at least 4 members (excludes halogenated alkanes) is 3. The van der Waals surface area contributed by atoms with Crippen molar-refractivity contribution in [3.05, 3.63) is 29.3 Å². The van der Waals surface area contributed by atoms with Gasteiger partial charge < -0.3 is 9.84 Å². The number of rotatable bonds is 7. The summed E-state index contributed by atoms with van der Waals surface area (Å²) in [5.41, 5.74) is 2.96. The van der Waals surface area contributed by atoms with E-state index in [4.69, 9.17) is 4.74 Å². The summed E-state index contributed by atoms with van der Waals surface area (Å²) in [6.07, 6.45) is 12.0. The van der Waals surface area contributed by atoms with Crippen molar-refractivity contribution in [1.82, 2.24) is 0 Å². The maximum atomic E-state index is 12.5. The molecule has 4 rings (SSSR count). The molecule has 0 spiro atoms. The molecule has 2 fully saturated rings. The normalized spacial score (nSPS) is 34.7. The quantitative estimate of drug-likeness (QED) is 0.397. The molecule has 0 aromatic heterocycles. The number of esters is 1. The molecule has 1 N–H and O–H groups in total. The van der Waals surface area contributed by atoms with Crippen LogP contribution in [0.3, 0.4) is 0 Å². The third-order valence-electron chi connectivity index (χ3n) is 8.83. The second-order valence-corrected chi connectivity index (χ2v) is 10.5. The fourth-order valence-corrected chi connectivity index (χ4v) is 7.24. The number of aromatic hydroxyl groups is 1. The third-order valence-corrected chi connectivity index (χ3v) is 8.83. The van der Waals surface area contributed by atoms with Crippen molar-refractivity contribution in [2.24, 2.45) is 23.2 Å². The molecule has 166 valence electrons. The van der Waals surface area contributed by atoms with Crippen LogP contribution in [-0.2, 0) is 16.0 Å². The SMILES string of the molecule is CCCCCCC(=O)OC1CCC2C3C(CC)Cc4cc(O)ccc4C3CCC12C. The molecule has 30 heavy (non-hydrogen) atoms. The van der Waals surface area contributed by atoms with Gasteiger partial charge in [-0.15, -0.1) is 0 Å². The van der Waals surface area contributed by atoms with E-state index in [1.807, 2.05) is 12.1 Å². The van der Waals surface area contributed by atoms with E-state index in [1.54, 1.807) is 0 Å². The molecule has 1 aromatic rings. The predicted octanol–water partition coefficient (Wildman–Crippen LogP) is 6.77. The van der Waals surface area contributed by atoms with Crippen molar-refractivity contribution >= 4 is 5.97 Å². The molecule has 6 atom stereocenters. The van der Waals surface area contributed by atoms with Crippen LogP contribution in [0.1, 0.15) is 102 Å². The molecule has 0 aliphatic heterocycles. The van der Waals surface area contributed by atoms with Gasteiger partial charge in [0, 0.05) is 11.8 Å². The number of hydrogen-bond donors (Lipinski definition) is 1. The number of hydrogen-bond acceptors (Lipinski definition) is 3. The Hall–Kier alpha value is -1.51. The van der Waals surface area contributed by atoms with Crippen molar-refractivity contribution in [1.29, 1.82) is 0 Å². The molecular formula is C27H40O3. The molecular weight excluding hydrogens is 372 g/mol. The van der Waals surface area contributed by atoms with Crippen LogP contribution in [0.25, 0.3) is 0 Å². The highest BCUT2D eigenvalue weighted by Gasteiger charge is 2.57. The van der Waals surface area contributed by atoms with Gasteiger partial charge in [0.15, 0.2) is 0 Å². The van der Waals surface area contributed by atoms with E-state index in [0.717, 1.165) is 32.1 Å². The van der Waals surface area contributed by atoms with Crippen molar-refractivity contribution in [3.63, 3.8) is 0 Å². The first-order chi connectivity index (χ1) is 14.5. The highest BCUT2D eigenvalue weighted by atomic mass is 16.5. The summed E-state index contributed by atoms with van der Waals surface area (Å²) in [6.45, 7) is 6.93. The first kappa shape index (κ1) is 21.7. The van der Waals surface area contributed by atoms with E-state index < -0.39 is 0 Å². The molecule has 3 aliphatic carbocycles. The Morgan fingerprint density at radius 2 is 2.00 bits per heavy atom. The molecule has 0 radical (unpaired) electrons. The van der Waals surface area contributed by atoms with Crippen molar-refractivity contribution in [3.8, 4) is 5.75 Å². The number of carbonyl (C=O) groups excluding carboxylic acids is 1. The summed E-state index contributed by atoms with van der Waals surface area (Å²) < 4.78 is 6.13. The van der Waals surface area contributed by atoms with Crippen LogP contribution in [0.5, 0.6) is 5.75 Å². The van der Waals surface area contributed by atoms with Crippen molar-refractivity contribution in [2.45, 2.75) is 103 Å². The lowest BCUT2D eigenvalue weighted by atomic mass is 9.52. The Labute approximate surface area is 182 Å². The lowest BCUT2D eigenvalue weighted by Gasteiger charge is -2.53. The smallest absolute Gasteiger partial charge is 0.306 e. The van der Waals surface area contributed by atoms with E-state index in [1.165, 1.54) is 43.2 Å². The third kappa shape index (κ3) is 3.89. The van der Waals surface area contributed by atoms with Crippen LogP contribution in [-0.4, -0.2) is 17.2 Å². The lowest BCUT2D eigenvalue weighted by molar-refractivity contribution is -0.158. The summed E-state index contributed by atoms with van der Waals surface area (Å²) in [7, 11) is 0. The first-order valence-corrected chi connectivity index (χ1v) is 12.5. The van der Waals surface area contributed by atoms with E-state index in [0.29, 0.717) is 35.8 Å². The predicted molar refractivity (Wildman–Crippen MR) is 121 cm³/mol. The molecule has 3 aliphatic rings. The zero-order chi connectivity index (χ0) is 21.3. The zero-order valence-electron chi connectivity index (χ0n) is 19.2. The summed E-state index contributed by atoms with van der Waals surface area (Å²) in [6, 6.07) is 6.05. The van der Waals surface area contributed by atoms with Gasteiger partial charge in [0.25, 0.3) is 0 Å². The minimum absolute atomic E-state index is 0.0246. The number of carbonyl (C=O) groups is 1. The summed E-state index contributed by atoms with van der Waals surface area (Å²) >= 11 is 0. The molecule has 3 nitrogen and oxygen atoms in total. The standard InChI is InChI=1S/C27H40O3/c1-4-6-7-8-9-25(29)30-24-13-12-23-26-18(5-2)16-19-17-20(28)10-11-21(19)22(26)14-15-27(23,24)3/h10-11,17-18,22-24,26,28H,4-9,12-16H2,1-3H3. The Morgan fingerprint density at radius 3 is 2.77 bits per heavy atom. The van der Waals surface area contributed by atoms with Crippen molar-refractivity contribution < 1.29 is 14.6 Å².